The smallest absolute Gasteiger partial charge is 0.347 e. The Morgan fingerprint density at radius 3 is 1.30 bits per heavy atom. The fraction of sp³-hybridized carbons (Fsp3) is 0.700. The number of ether oxygens (including phenoxy) is 6. The Bertz CT molecular complexity index is 510. The zero-order valence-electron chi connectivity index (χ0n) is 18.0. The molecule has 0 rings (SSSR count). The second kappa shape index (κ2) is 17.4. The fourth-order valence-electron chi connectivity index (χ4n) is 1.97. The molecule has 2 unspecified atom stereocenters. The summed E-state index contributed by atoms with van der Waals surface area (Å²) in [4.78, 5) is 47.4. The Hall–Kier alpha value is -2.46. The maximum Gasteiger partial charge on any atom is 0.347 e. The molecule has 0 aliphatic rings. The largest absolute Gasteiger partial charge is 0.460 e. The molecule has 10 heteroatoms. The topological polar surface area (TPSA) is 124 Å². The lowest BCUT2D eigenvalue weighted by atomic mass is 10.3. The van der Waals surface area contributed by atoms with Gasteiger partial charge in [0, 0.05) is 25.4 Å². The van der Waals surface area contributed by atoms with Crippen LogP contribution in [0.5, 0.6) is 0 Å². The van der Waals surface area contributed by atoms with Crippen LogP contribution in [0.15, 0.2) is 12.2 Å². The van der Waals surface area contributed by atoms with Crippen molar-refractivity contribution in [3.05, 3.63) is 12.2 Å². The highest BCUT2D eigenvalue weighted by atomic mass is 16.6. The number of rotatable bonds is 16. The Labute approximate surface area is 176 Å². The fourth-order valence-corrected chi connectivity index (χ4v) is 1.97. The van der Waals surface area contributed by atoms with Crippen LogP contribution in [0.25, 0.3) is 0 Å². The summed E-state index contributed by atoms with van der Waals surface area (Å²) in [7, 11) is 0. The summed E-state index contributed by atoms with van der Waals surface area (Å²) in [5, 5.41) is 0. The molecule has 0 aromatic heterocycles. The molecule has 0 amide bonds. The molecule has 30 heavy (non-hydrogen) atoms. The number of carbonyl (C=O) groups excluding carboxylic acids is 4. The first-order chi connectivity index (χ1) is 14.4. The Kier molecular flexibility index (Phi) is 16.0. The van der Waals surface area contributed by atoms with E-state index in [0.29, 0.717) is 13.2 Å². The van der Waals surface area contributed by atoms with Crippen molar-refractivity contribution in [1.29, 1.82) is 0 Å². The normalized spacial score (nSPS) is 12.8. The van der Waals surface area contributed by atoms with E-state index in [0.717, 1.165) is 12.2 Å². The lowest BCUT2D eigenvalue weighted by Crippen LogP contribution is -2.30. The van der Waals surface area contributed by atoms with Crippen molar-refractivity contribution in [2.75, 3.05) is 39.6 Å². The van der Waals surface area contributed by atoms with Crippen molar-refractivity contribution in [2.45, 2.75) is 52.7 Å². The molecule has 0 heterocycles. The van der Waals surface area contributed by atoms with Crippen LogP contribution in [-0.4, -0.2) is 75.7 Å². The van der Waals surface area contributed by atoms with Gasteiger partial charge in [0.2, 0.25) is 0 Å². The molecule has 0 aliphatic carbocycles. The molecule has 0 spiro atoms. The van der Waals surface area contributed by atoms with E-state index in [-0.39, 0.29) is 39.3 Å². The quantitative estimate of drug-likeness (QED) is 0.153. The van der Waals surface area contributed by atoms with Gasteiger partial charge in [0.05, 0.1) is 13.2 Å². The van der Waals surface area contributed by atoms with E-state index in [4.69, 9.17) is 28.4 Å². The lowest BCUT2D eigenvalue weighted by molar-refractivity contribution is -0.167. The van der Waals surface area contributed by atoms with Crippen LogP contribution in [0.2, 0.25) is 0 Å². The summed E-state index contributed by atoms with van der Waals surface area (Å²) in [6, 6.07) is 0. The number of hydrogen-bond acceptors (Lipinski definition) is 10. The van der Waals surface area contributed by atoms with Crippen LogP contribution < -0.4 is 0 Å². The molecule has 0 aliphatic heterocycles. The van der Waals surface area contributed by atoms with Gasteiger partial charge in [0.1, 0.15) is 13.2 Å². The Morgan fingerprint density at radius 1 is 0.633 bits per heavy atom. The second-order valence-corrected chi connectivity index (χ2v) is 5.73. The third-order valence-corrected chi connectivity index (χ3v) is 3.49. The van der Waals surface area contributed by atoms with E-state index < -0.39 is 36.1 Å². The molecule has 10 nitrogen and oxygen atoms in total. The molecule has 0 fully saturated rings. The highest BCUT2D eigenvalue weighted by Crippen LogP contribution is 2.05. The van der Waals surface area contributed by atoms with Crippen molar-refractivity contribution in [1.82, 2.24) is 0 Å². The van der Waals surface area contributed by atoms with Crippen LogP contribution >= 0.6 is 0 Å². The van der Waals surface area contributed by atoms with Crippen LogP contribution in [0, 0.1) is 0 Å². The van der Waals surface area contributed by atoms with Gasteiger partial charge in [-0.3, -0.25) is 0 Å². The van der Waals surface area contributed by atoms with Crippen LogP contribution in [0.3, 0.4) is 0 Å². The van der Waals surface area contributed by atoms with Gasteiger partial charge in [-0.05, 0) is 26.7 Å². The van der Waals surface area contributed by atoms with Crippen molar-refractivity contribution < 1.29 is 47.6 Å². The third kappa shape index (κ3) is 12.9. The van der Waals surface area contributed by atoms with Gasteiger partial charge in [-0.25, -0.2) is 19.2 Å². The summed E-state index contributed by atoms with van der Waals surface area (Å²) in [5.74, 6) is -3.26. The summed E-state index contributed by atoms with van der Waals surface area (Å²) in [6.07, 6.45) is -0.199. The van der Waals surface area contributed by atoms with Crippen molar-refractivity contribution in [3.63, 3.8) is 0 Å². The summed E-state index contributed by atoms with van der Waals surface area (Å²) >= 11 is 0. The molecule has 172 valence electrons. The zero-order chi connectivity index (χ0) is 22.8. The SMILES string of the molecule is CCOCCOC(=O)C(CC)OC(=O)/C=C/C(=O)OC(CC)C(=O)OCCOCC. The Balaban J connectivity index is 4.46. The molecule has 0 bridgehead atoms. The molecule has 0 aromatic carbocycles. The Morgan fingerprint density at radius 2 is 1.00 bits per heavy atom. The van der Waals surface area contributed by atoms with E-state index in [9.17, 15) is 19.2 Å². The summed E-state index contributed by atoms with van der Waals surface area (Å²) in [6.45, 7) is 8.46. The standard InChI is InChI=1S/C20H32O10/c1-5-15(19(23)27-13-11-25-7-3)29-17(21)9-10-18(22)30-16(6-2)20(24)28-14-12-26-8-4/h9-10,15-16H,5-8,11-14H2,1-4H3/b10-9+. The van der Waals surface area contributed by atoms with Gasteiger partial charge in [-0.1, -0.05) is 13.8 Å². The summed E-state index contributed by atoms with van der Waals surface area (Å²) < 4.78 is 29.9. The monoisotopic (exact) mass is 432 g/mol. The van der Waals surface area contributed by atoms with Crippen LogP contribution in [0.1, 0.15) is 40.5 Å². The highest BCUT2D eigenvalue weighted by molar-refractivity contribution is 5.93. The van der Waals surface area contributed by atoms with E-state index in [2.05, 4.69) is 0 Å². The van der Waals surface area contributed by atoms with Crippen molar-refractivity contribution >= 4 is 23.9 Å². The van der Waals surface area contributed by atoms with Gasteiger partial charge >= 0.3 is 23.9 Å². The first kappa shape index (κ1) is 27.5. The van der Waals surface area contributed by atoms with Gasteiger partial charge < -0.3 is 28.4 Å². The van der Waals surface area contributed by atoms with Crippen molar-refractivity contribution in [2.24, 2.45) is 0 Å². The van der Waals surface area contributed by atoms with Crippen LogP contribution in [0.4, 0.5) is 0 Å². The number of esters is 4. The second-order valence-electron chi connectivity index (χ2n) is 5.73. The van der Waals surface area contributed by atoms with Gasteiger partial charge in [-0.15, -0.1) is 0 Å². The van der Waals surface area contributed by atoms with Gasteiger partial charge in [0.15, 0.2) is 12.2 Å². The lowest BCUT2D eigenvalue weighted by Gasteiger charge is -2.15. The molecule has 0 aromatic rings. The first-order valence-electron chi connectivity index (χ1n) is 9.97. The predicted octanol–water partition coefficient (Wildman–Crippen LogP) is 1.35. The minimum atomic E-state index is -1.11. The van der Waals surface area contributed by atoms with E-state index in [1.165, 1.54) is 0 Å². The zero-order valence-corrected chi connectivity index (χ0v) is 18.0. The first-order valence-corrected chi connectivity index (χ1v) is 9.97. The molecule has 0 saturated heterocycles. The molecular weight excluding hydrogens is 400 g/mol. The minimum Gasteiger partial charge on any atom is -0.460 e. The maximum absolute atomic E-state index is 11.9. The molecule has 0 N–H and O–H groups in total. The molecular formula is C20H32O10. The number of hydrogen-bond donors (Lipinski definition) is 0. The van der Waals surface area contributed by atoms with E-state index >= 15 is 0 Å². The minimum absolute atomic E-state index is 0.0436. The van der Waals surface area contributed by atoms with Gasteiger partial charge in [0.25, 0.3) is 0 Å². The number of carbonyl (C=O) groups is 4. The highest BCUT2D eigenvalue weighted by Gasteiger charge is 2.23. The molecule has 2 atom stereocenters. The predicted molar refractivity (Wildman–Crippen MR) is 104 cm³/mol. The average molecular weight is 432 g/mol. The maximum atomic E-state index is 11.9. The van der Waals surface area contributed by atoms with E-state index in [1.54, 1.807) is 13.8 Å². The third-order valence-electron chi connectivity index (χ3n) is 3.49. The van der Waals surface area contributed by atoms with Crippen molar-refractivity contribution in [3.8, 4) is 0 Å². The van der Waals surface area contributed by atoms with E-state index in [1.807, 2.05) is 13.8 Å². The summed E-state index contributed by atoms with van der Waals surface area (Å²) in [5.41, 5.74) is 0. The molecule has 0 radical (unpaired) electrons. The van der Waals surface area contributed by atoms with Gasteiger partial charge in [-0.2, -0.15) is 0 Å². The van der Waals surface area contributed by atoms with Crippen LogP contribution in [-0.2, 0) is 47.6 Å². The molecule has 0 saturated carbocycles. The average Bonchev–Trinajstić information content (AvgIpc) is 2.74.